The molecule has 0 aromatic carbocycles. The quantitative estimate of drug-likeness (QED) is 0.648. The van der Waals surface area contributed by atoms with Gasteiger partial charge < -0.3 is 10.7 Å². The lowest BCUT2D eigenvalue weighted by Gasteiger charge is -1.82. The molecule has 2 aromatic rings. The standard InChI is InChI=1S/C5H5N5S/c6-5-10-9-4(11-5)3-1-7-2-8-3/h1-2H,(H2,6,10)(H,7,8). The minimum Gasteiger partial charge on any atom is -0.374 e. The van der Waals surface area contributed by atoms with Crippen LogP contribution in [0.5, 0.6) is 0 Å². The van der Waals surface area contributed by atoms with Crippen LogP contribution >= 0.6 is 11.3 Å². The van der Waals surface area contributed by atoms with Crippen molar-refractivity contribution >= 4 is 16.5 Å². The van der Waals surface area contributed by atoms with E-state index in [2.05, 4.69) is 20.2 Å². The van der Waals surface area contributed by atoms with E-state index in [0.29, 0.717) is 5.13 Å². The first-order chi connectivity index (χ1) is 5.36. The van der Waals surface area contributed by atoms with E-state index in [1.54, 1.807) is 12.5 Å². The molecular formula is C5H5N5S. The predicted octanol–water partition coefficient (Wildman–Crippen LogP) is 0.510. The molecule has 0 saturated heterocycles. The van der Waals surface area contributed by atoms with Gasteiger partial charge in [-0.25, -0.2) is 4.98 Å². The normalized spacial score (nSPS) is 10.2. The molecule has 0 atom stereocenters. The summed E-state index contributed by atoms with van der Waals surface area (Å²) >= 11 is 1.33. The van der Waals surface area contributed by atoms with Crippen LogP contribution in [0, 0.1) is 0 Å². The van der Waals surface area contributed by atoms with Crippen LogP contribution in [-0.4, -0.2) is 20.2 Å². The number of hydrogen-bond acceptors (Lipinski definition) is 5. The number of rotatable bonds is 1. The van der Waals surface area contributed by atoms with Crippen molar-refractivity contribution in [3.8, 4) is 10.7 Å². The Morgan fingerprint density at radius 3 is 2.91 bits per heavy atom. The molecular weight excluding hydrogens is 162 g/mol. The van der Waals surface area contributed by atoms with Crippen molar-refractivity contribution in [2.75, 3.05) is 5.73 Å². The molecule has 2 rings (SSSR count). The van der Waals surface area contributed by atoms with E-state index >= 15 is 0 Å². The molecule has 0 fully saturated rings. The molecule has 0 aliphatic heterocycles. The first kappa shape index (κ1) is 6.29. The minimum absolute atomic E-state index is 0.467. The fraction of sp³-hybridized carbons (Fsp3) is 0. The number of aromatic amines is 1. The number of anilines is 1. The molecule has 6 heteroatoms. The molecule has 0 aliphatic carbocycles. The van der Waals surface area contributed by atoms with Gasteiger partial charge in [-0.1, -0.05) is 11.3 Å². The second kappa shape index (κ2) is 2.31. The largest absolute Gasteiger partial charge is 0.374 e. The summed E-state index contributed by atoms with van der Waals surface area (Å²) in [6, 6.07) is 0. The van der Waals surface area contributed by atoms with Gasteiger partial charge in [-0.05, 0) is 0 Å². The molecule has 0 amide bonds. The average molecular weight is 167 g/mol. The Hall–Kier alpha value is -1.43. The van der Waals surface area contributed by atoms with Gasteiger partial charge in [0.05, 0.1) is 18.2 Å². The van der Waals surface area contributed by atoms with Crippen LogP contribution in [0.15, 0.2) is 12.5 Å². The lowest BCUT2D eigenvalue weighted by atomic mass is 10.5. The smallest absolute Gasteiger partial charge is 0.203 e. The van der Waals surface area contributed by atoms with Crippen LogP contribution in [0.25, 0.3) is 10.7 Å². The third kappa shape index (κ3) is 1.07. The molecule has 0 bridgehead atoms. The Balaban J connectivity index is 2.45. The van der Waals surface area contributed by atoms with Crippen molar-refractivity contribution < 1.29 is 0 Å². The van der Waals surface area contributed by atoms with Gasteiger partial charge in [0.25, 0.3) is 0 Å². The molecule has 3 N–H and O–H groups in total. The summed E-state index contributed by atoms with van der Waals surface area (Å²) in [7, 11) is 0. The van der Waals surface area contributed by atoms with E-state index in [1.165, 1.54) is 11.3 Å². The zero-order valence-electron chi connectivity index (χ0n) is 5.48. The second-order valence-corrected chi connectivity index (χ2v) is 2.92. The third-order valence-corrected chi connectivity index (χ3v) is 1.95. The minimum atomic E-state index is 0.467. The van der Waals surface area contributed by atoms with E-state index in [-0.39, 0.29) is 0 Å². The Morgan fingerprint density at radius 2 is 2.36 bits per heavy atom. The van der Waals surface area contributed by atoms with Crippen molar-refractivity contribution in [1.29, 1.82) is 0 Å². The molecule has 0 radical (unpaired) electrons. The fourth-order valence-corrected chi connectivity index (χ4v) is 1.30. The summed E-state index contributed by atoms with van der Waals surface area (Å²) in [6.07, 6.45) is 3.27. The summed E-state index contributed by atoms with van der Waals surface area (Å²) < 4.78 is 0. The first-order valence-electron chi connectivity index (χ1n) is 2.94. The number of nitrogens with zero attached hydrogens (tertiary/aromatic N) is 3. The van der Waals surface area contributed by atoms with Gasteiger partial charge in [0, 0.05) is 0 Å². The Morgan fingerprint density at radius 1 is 1.45 bits per heavy atom. The SMILES string of the molecule is Nc1nnc(-c2cnc[nH]2)s1. The van der Waals surface area contributed by atoms with E-state index in [1.807, 2.05) is 0 Å². The highest BCUT2D eigenvalue weighted by molar-refractivity contribution is 7.18. The molecule has 0 unspecified atom stereocenters. The summed E-state index contributed by atoms with van der Waals surface area (Å²) in [5.41, 5.74) is 6.24. The van der Waals surface area contributed by atoms with Crippen molar-refractivity contribution in [2.45, 2.75) is 0 Å². The molecule has 0 aliphatic rings. The second-order valence-electron chi connectivity index (χ2n) is 1.91. The monoisotopic (exact) mass is 167 g/mol. The summed E-state index contributed by atoms with van der Waals surface area (Å²) in [6.45, 7) is 0. The van der Waals surface area contributed by atoms with Gasteiger partial charge >= 0.3 is 0 Å². The molecule has 0 saturated carbocycles. The van der Waals surface area contributed by atoms with E-state index in [9.17, 15) is 0 Å². The van der Waals surface area contributed by atoms with E-state index < -0.39 is 0 Å². The highest BCUT2D eigenvalue weighted by atomic mass is 32.1. The van der Waals surface area contributed by atoms with Crippen molar-refractivity contribution in [3.05, 3.63) is 12.5 Å². The molecule has 56 valence electrons. The van der Waals surface area contributed by atoms with Crippen molar-refractivity contribution in [3.63, 3.8) is 0 Å². The van der Waals surface area contributed by atoms with Gasteiger partial charge in [0.15, 0.2) is 5.01 Å². The van der Waals surface area contributed by atoms with Crippen molar-refractivity contribution in [1.82, 2.24) is 20.2 Å². The van der Waals surface area contributed by atoms with E-state index in [0.717, 1.165) is 10.7 Å². The van der Waals surface area contributed by atoms with Crippen LogP contribution in [0.1, 0.15) is 0 Å². The molecule has 5 nitrogen and oxygen atoms in total. The Labute approximate surface area is 66.3 Å². The van der Waals surface area contributed by atoms with E-state index in [4.69, 9.17) is 5.73 Å². The number of hydrogen-bond donors (Lipinski definition) is 2. The maximum Gasteiger partial charge on any atom is 0.203 e. The number of aromatic nitrogens is 4. The maximum atomic E-state index is 5.40. The van der Waals surface area contributed by atoms with Gasteiger partial charge in [0.2, 0.25) is 5.13 Å². The van der Waals surface area contributed by atoms with Gasteiger partial charge in [-0.2, -0.15) is 0 Å². The molecule has 2 aromatic heterocycles. The molecule has 0 spiro atoms. The third-order valence-electron chi connectivity index (χ3n) is 1.17. The number of imidazole rings is 1. The summed E-state index contributed by atoms with van der Waals surface area (Å²) in [5.74, 6) is 0. The van der Waals surface area contributed by atoms with Crippen molar-refractivity contribution in [2.24, 2.45) is 0 Å². The number of nitrogens with one attached hydrogen (secondary N) is 1. The molecule has 2 heterocycles. The van der Waals surface area contributed by atoms with Gasteiger partial charge in [0.1, 0.15) is 0 Å². The zero-order chi connectivity index (χ0) is 7.68. The zero-order valence-corrected chi connectivity index (χ0v) is 6.30. The van der Waals surface area contributed by atoms with Crippen LogP contribution in [-0.2, 0) is 0 Å². The summed E-state index contributed by atoms with van der Waals surface area (Å²) in [4.78, 5) is 6.76. The fourth-order valence-electron chi connectivity index (χ4n) is 0.716. The summed E-state index contributed by atoms with van der Waals surface area (Å²) in [5, 5.41) is 8.73. The highest BCUT2D eigenvalue weighted by Gasteiger charge is 2.03. The van der Waals surface area contributed by atoms with Crippen LogP contribution < -0.4 is 5.73 Å². The molecule has 11 heavy (non-hydrogen) atoms. The van der Waals surface area contributed by atoms with Crippen LogP contribution in [0.3, 0.4) is 0 Å². The van der Waals surface area contributed by atoms with Gasteiger partial charge in [-0.15, -0.1) is 10.2 Å². The maximum absolute atomic E-state index is 5.40. The van der Waals surface area contributed by atoms with Crippen LogP contribution in [0.2, 0.25) is 0 Å². The first-order valence-corrected chi connectivity index (χ1v) is 3.75. The Kier molecular flexibility index (Phi) is 1.32. The van der Waals surface area contributed by atoms with Gasteiger partial charge in [-0.3, -0.25) is 0 Å². The lowest BCUT2D eigenvalue weighted by Crippen LogP contribution is -1.80. The predicted molar refractivity (Wildman–Crippen MR) is 41.9 cm³/mol. The topological polar surface area (TPSA) is 80.5 Å². The highest BCUT2D eigenvalue weighted by Crippen LogP contribution is 2.21. The Bertz CT molecular complexity index is 337. The average Bonchev–Trinajstić information content (AvgIpc) is 2.55. The lowest BCUT2D eigenvalue weighted by molar-refractivity contribution is 1.10. The number of H-pyrrole nitrogens is 1. The number of nitrogen functional groups attached to an aromatic ring is 1. The number of nitrogens with two attached hydrogens (primary N) is 1. The van der Waals surface area contributed by atoms with Crippen LogP contribution in [0.4, 0.5) is 5.13 Å².